The number of hydrogen-bond acceptors (Lipinski definition) is 4. The Morgan fingerprint density at radius 3 is 2.33 bits per heavy atom. The first-order valence-electron chi connectivity index (χ1n) is 5.15. The normalized spacial score (nSPS) is 22.1. The van der Waals surface area contributed by atoms with Crippen LogP contribution in [0.15, 0.2) is 0 Å². The number of carboxylic acid groups (broad SMARTS) is 1. The molecule has 0 radical (unpaired) electrons. The summed E-state index contributed by atoms with van der Waals surface area (Å²) in [6, 6.07) is -0.409. The standard InChI is InChI=1S/C10H19NO4/c1-4-5-8(9(12)13)11-6-10(7-11,14-2)15-3/h8H,4-7H2,1-3H3,(H,12,13). The number of rotatable bonds is 6. The molecule has 0 aliphatic carbocycles. The van der Waals surface area contributed by atoms with Gasteiger partial charge in [0.25, 0.3) is 0 Å². The van der Waals surface area contributed by atoms with Crippen molar-refractivity contribution >= 4 is 5.97 Å². The summed E-state index contributed by atoms with van der Waals surface area (Å²) in [5.74, 6) is -1.36. The molecule has 88 valence electrons. The Hall–Kier alpha value is -0.650. The van der Waals surface area contributed by atoms with Gasteiger partial charge in [-0.1, -0.05) is 13.3 Å². The van der Waals surface area contributed by atoms with E-state index in [-0.39, 0.29) is 0 Å². The minimum atomic E-state index is -0.766. The minimum absolute atomic E-state index is 0.409. The van der Waals surface area contributed by atoms with Gasteiger partial charge in [-0.2, -0.15) is 0 Å². The highest BCUT2D eigenvalue weighted by Gasteiger charge is 2.47. The first kappa shape index (κ1) is 12.4. The highest BCUT2D eigenvalue weighted by Crippen LogP contribution is 2.28. The Morgan fingerprint density at radius 1 is 1.47 bits per heavy atom. The number of hydrogen-bond donors (Lipinski definition) is 1. The third-order valence-electron chi connectivity index (χ3n) is 2.92. The van der Waals surface area contributed by atoms with Crippen LogP contribution in [0.4, 0.5) is 0 Å². The van der Waals surface area contributed by atoms with Gasteiger partial charge in [0.1, 0.15) is 6.04 Å². The Bertz CT molecular complexity index is 219. The van der Waals surface area contributed by atoms with E-state index in [0.29, 0.717) is 19.5 Å². The smallest absolute Gasteiger partial charge is 0.320 e. The van der Waals surface area contributed by atoms with E-state index in [2.05, 4.69) is 0 Å². The lowest BCUT2D eigenvalue weighted by Gasteiger charge is -2.49. The molecule has 1 saturated heterocycles. The molecule has 0 saturated carbocycles. The Morgan fingerprint density at radius 2 is 2.00 bits per heavy atom. The van der Waals surface area contributed by atoms with Crippen LogP contribution in [-0.2, 0) is 14.3 Å². The van der Waals surface area contributed by atoms with E-state index in [1.165, 1.54) is 0 Å². The molecule has 0 amide bonds. The zero-order valence-electron chi connectivity index (χ0n) is 9.52. The van der Waals surface area contributed by atoms with Crippen molar-refractivity contribution in [2.45, 2.75) is 31.6 Å². The summed E-state index contributed by atoms with van der Waals surface area (Å²) in [5, 5.41) is 9.03. The minimum Gasteiger partial charge on any atom is -0.480 e. The van der Waals surface area contributed by atoms with Crippen molar-refractivity contribution in [1.29, 1.82) is 0 Å². The second kappa shape index (κ2) is 4.92. The fraction of sp³-hybridized carbons (Fsp3) is 0.900. The van der Waals surface area contributed by atoms with Crippen molar-refractivity contribution in [3.8, 4) is 0 Å². The Labute approximate surface area is 90.0 Å². The van der Waals surface area contributed by atoms with Crippen LogP contribution in [-0.4, -0.2) is 55.1 Å². The molecule has 1 N–H and O–H groups in total. The first-order valence-corrected chi connectivity index (χ1v) is 5.15. The van der Waals surface area contributed by atoms with Gasteiger partial charge in [0.05, 0.1) is 13.1 Å². The zero-order valence-corrected chi connectivity index (χ0v) is 9.52. The van der Waals surface area contributed by atoms with E-state index in [0.717, 1.165) is 6.42 Å². The first-order chi connectivity index (χ1) is 7.08. The predicted molar refractivity (Wildman–Crippen MR) is 54.7 cm³/mol. The third-order valence-corrected chi connectivity index (χ3v) is 2.92. The van der Waals surface area contributed by atoms with E-state index in [9.17, 15) is 4.79 Å². The van der Waals surface area contributed by atoms with Crippen LogP contribution in [0.3, 0.4) is 0 Å². The summed E-state index contributed by atoms with van der Waals surface area (Å²) in [7, 11) is 3.16. The molecule has 5 heteroatoms. The van der Waals surface area contributed by atoms with Crippen LogP contribution in [0, 0.1) is 0 Å². The molecular formula is C10H19NO4. The van der Waals surface area contributed by atoms with Gasteiger partial charge in [-0.05, 0) is 6.42 Å². The average Bonchev–Trinajstić information content (AvgIpc) is 2.15. The molecule has 1 unspecified atom stereocenters. The average molecular weight is 217 g/mol. The van der Waals surface area contributed by atoms with Crippen LogP contribution < -0.4 is 0 Å². The maximum atomic E-state index is 11.0. The highest BCUT2D eigenvalue weighted by molar-refractivity contribution is 5.73. The molecular weight excluding hydrogens is 198 g/mol. The van der Waals surface area contributed by atoms with E-state index in [1.54, 1.807) is 14.2 Å². The monoisotopic (exact) mass is 217 g/mol. The van der Waals surface area contributed by atoms with Crippen LogP contribution in [0.1, 0.15) is 19.8 Å². The third kappa shape index (κ3) is 2.48. The maximum Gasteiger partial charge on any atom is 0.320 e. The van der Waals surface area contributed by atoms with Gasteiger partial charge in [-0.3, -0.25) is 9.69 Å². The summed E-state index contributed by atoms with van der Waals surface area (Å²) < 4.78 is 10.4. The van der Waals surface area contributed by atoms with Gasteiger partial charge in [-0.25, -0.2) is 0 Å². The van der Waals surface area contributed by atoms with Crippen molar-refractivity contribution < 1.29 is 19.4 Å². The second-order valence-electron chi connectivity index (χ2n) is 3.87. The zero-order chi connectivity index (χ0) is 11.5. The van der Waals surface area contributed by atoms with Gasteiger partial charge in [-0.15, -0.1) is 0 Å². The summed E-state index contributed by atoms with van der Waals surface area (Å²) in [6.45, 7) is 3.03. The predicted octanol–water partition coefficient (Wildman–Crippen LogP) is 0.544. The molecule has 1 atom stereocenters. The molecule has 0 bridgehead atoms. The highest BCUT2D eigenvalue weighted by atomic mass is 16.7. The van der Waals surface area contributed by atoms with E-state index in [1.807, 2.05) is 11.8 Å². The molecule has 1 fully saturated rings. The Kier molecular flexibility index (Phi) is 4.07. The molecule has 0 aromatic rings. The maximum absolute atomic E-state index is 11.0. The number of nitrogens with zero attached hydrogens (tertiary/aromatic N) is 1. The second-order valence-corrected chi connectivity index (χ2v) is 3.87. The van der Waals surface area contributed by atoms with Gasteiger partial charge in [0.15, 0.2) is 5.79 Å². The van der Waals surface area contributed by atoms with Crippen molar-refractivity contribution in [3.05, 3.63) is 0 Å². The number of aliphatic carboxylic acids is 1. The largest absolute Gasteiger partial charge is 0.480 e. The van der Waals surface area contributed by atoms with Crippen LogP contribution in [0.25, 0.3) is 0 Å². The summed E-state index contributed by atoms with van der Waals surface area (Å²) >= 11 is 0. The van der Waals surface area contributed by atoms with E-state index < -0.39 is 17.8 Å². The van der Waals surface area contributed by atoms with Crippen molar-refractivity contribution in [3.63, 3.8) is 0 Å². The number of methoxy groups -OCH3 is 2. The van der Waals surface area contributed by atoms with Gasteiger partial charge >= 0.3 is 5.97 Å². The summed E-state index contributed by atoms with van der Waals surface area (Å²) in [4.78, 5) is 12.9. The Balaban J connectivity index is 2.50. The van der Waals surface area contributed by atoms with Crippen molar-refractivity contribution in [2.24, 2.45) is 0 Å². The van der Waals surface area contributed by atoms with Gasteiger partial charge in [0, 0.05) is 14.2 Å². The fourth-order valence-corrected chi connectivity index (χ4v) is 1.87. The van der Waals surface area contributed by atoms with Crippen molar-refractivity contribution in [1.82, 2.24) is 4.90 Å². The SMILES string of the molecule is CCCC(C(=O)O)N1CC(OC)(OC)C1. The molecule has 1 heterocycles. The van der Waals surface area contributed by atoms with Crippen LogP contribution in [0.5, 0.6) is 0 Å². The molecule has 1 rings (SSSR count). The number of carboxylic acids is 1. The summed E-state index contributed by atoms with van der Waals surface area (Å²) in [6.07, 6.45) is 1.53. The molecule has 0 aromatic carbocycles. The van der Waals surface area contributed by atoms with Crippen molar-refractivity contribution in [2.75, 3.05) is 27.3 Å². The number of ether oxygens (including phenoxy) is 2. The van der Waals surface area contributed by atoms with Crippen LogP contribution in [0.2, 0.25) is 0 Å². The van der Waals surface area contributed by atoms with Crippen LogP contribution >= 0.6 is 0 Å². The van der Waals surface area contributed by atoms with Gasteiger partial charge in [0.2, 0.25) is 0 Å². The number of carbonyl (C=O) groups is 1. The lowest BCUT2D eigenvalue weighted by atomic mass is 10.0. The summed E-state index contributed by atoms with van der Waals surface area (Å²) in [5.41, 5.74) is 0. The van der Waals surface area contributed by atoms with E-state index >= 15 is 0 Å². The fourth-order valence-electron chi connectivity index (χ4n) is 1.87. The topological polar surface area (TPSA) is 59.0 Å². The number of likely N-dealkylation sites (tertiary alicyclic amines) is 1. The molecule has 5 nitrogen and oxygen atoms in total. The quantitative estimate of drug-likeness (QED) is 0.658. The molecule has 15 heavy (non-hydrogen) atoms. The molecule has 1 aliphatic rings. The lowest BCUT2D eigenvalue weighted by Crippen LogP contribution is -2.67. The van der Waals surface area contributed by atoms with E-state index in [4.69, 9.17) is 14.6 Å². The lowest BCUT2D eigenvalue weighted by molar-refractivity contribution is -0.281. The molecule has 0 aromatic heterocycles. The van der Waals surface area contributed by atoms with Gasteiger partial charge < -0.3 is 14.6 Å². The molecule has 1 aliphatic heterocycles. The molecule has 0 spiro atoms.